The number of nitro groups is 1. The largest absolute Gasteiger partial charge is 0.433 e. The Morgan fingerprint density at radius 3 is 2.82 bits per heavy atom. The van der Waals surface area contributed by atoms with Crippen LogP contribution in [0.5, 0.6) is 0 Å². The topological polar surface area (TPSA) is 102 Å². The second-order valence-electron chi connectivity index (χ2n) is 6.22. The molecule has 0 bridgehead atoms. The van der Waals surface area contributed by atoms with Crippen LogP contribution in [0.3, 0.4) is 0 Å². The van der Waals surface area contributed by atoms with Crippen LogP contribution in [0, 0.1) is 10.1 Å². The van der Waals surface area contributed by atoms with Gasteiger partial charge in [0, 0.05) is 25.0 Å². The van der Waals surface area contributed by atoms with Gasteiger partial charge >= 0.3 is 5.88 Å². The SMILES string of the molecule is Cl.O=C(Nc1nc(CN2CCc3ccccc3C2)cs1)c1ccc([N+](=O)[O-])o1. The van der Waals surface area contributed by atoms with Gasteiger partial charge in [0.15, 0.2) is 10.9 Å². The number of nitrogens with zero attached hydrogens (tertiary/aromatic N) is 3. The van der Waals surface area contributed by atoms with Crippen molar-refractivity contribution in [3.63, 3.8) is 0 Å². The van der Waals surface area contributed by atoms with Crippen LogP contribution in [-0.4, -0.2) is 27.3 Å². The van der Waals surface area contributed by atoms with Crippen LogP contribution in [0.1, 0.15) is 27.4 Å². The Hall–Kier alpha value is -2.75. The van der Waals surface area contributed by atoms with Crippen molar-refractivity contribution < 1.29 is 14.1 Å². The Labute approximate surface area is 170 Å². The molecule has 1 aliphatic rings. The molecule has 0 fully saturated rings. The van der Waals surface area contributed by atoms with E-state index in [1.54, 1.807) is 0 Å². The van der Waals surface area contributed by atoms with Gasteiger partial charge in [0.1, 0.15) is 4.92 Å². The molecule has 28 heavy (non-hydrogen) atoms. The fraction of sp³-hybridized carbons (Fsp3) is 0.222. The Balaban J connectivity index is 0.00000225. The van der Waals surface area contributed by atoms with Crippen molar-refractivity contribution in [3.8, 4) is 0 Å². The van der Waals surface area contributed by atoms with Crippen LogP contribution in [0.2, 0.25) is 0 Å². The normalized spacial score (nSPS) is 13.4. The van der Waals surface area contributed by atoms with Crippen molar-refractivity contribution in [1.29, 1.82) is 0 Å². The monoisotopic (exact) mass is 420 g/mol. The summed E-state index contributed by atoms with van der Waals surface area (Å²) in [6.07, 6.45) is 1.02. The summed E-state index contributed by atoms with van der Waals surface area (Å²) in [4.78, 5) is 28.8. The molecule has 0 aliphatic carbocycles. The van der Waals surface area contributed by atoms with E-state index in [-0.39, 0.29) is 18.2 Å². The van der Waals surface area contributed by atoms with Gasteiger partial charge < -0.3 is 4.42 Å². The van der Waals surface area contributed by atoms with Crippen LogP contribution in [-0.2, 0) is 19.5 Å². The fourth-order valence-electron chi connectivity index (χ4n) is 3.06. The highest BCUT2D eigenvalue weighted by Crippen LogP contribution is 2.23. The third-order valence-corrected chi connectivity index (χ3v) is 5.17. The molecule has 0 spiro atoms. The van der Waals surface area contributed by atoms with Gasteiger partial charge in [-0.3, -0.25) is 25.1 Å². The summed E-state index contributed by atoms with van der Waals surface area (Å²) in [5.74, 6) is -1.15. The van der Waals surface area contributed by atoms with E-state index >= 15 is 0 Å². The van der Waals surface area contributed by atoms with Crippen molar-refractivity contribution in [2.45, 2.75) is 19.5 Å². The minimum absolute atomic E-state index is 0. The van der Waals surface area contributed by atoms with Gasteiger partial charge in [-0.15, -0.1) is 23.7 Å². The fourth-order valence-corrected chi connectivity index (χ4v) is 3.76. The molecule has 0 unspecified atom stereocenters. The lowest BCUT2D eigenvalue weighted by Gasteiger charge is -2.27. The van der Waals surface area contributed by atoms with Gasteiger partial charge in [-0.25, -0.2) is 4.98 Å². The standard InChI is InChI=1S/C18H16N4O4S.ClH/c23-17(15-5-6-16(26-15)22(24)25)20-18-19-14(11-27-18)10-21-8-7-12-3-1-2-4-13(12)9-21;/h1-6,11H,7-10H2,(H,19,20,23);1H. The lowest BCUT2D eigenvalue weighted by atomic mass is 10.00. The molecule has 0 saturated carbocycles. The predicted octanol–water partition coefficient (Wildman–Crippen LogP) is 3.88. The number of hydrogen-bond donors (Lipinski definition) is 1. The number of nitrogens with one attached hydrogen (secondary N) is 1. The number of carbonyl (C=O) groups is 1. The third kappa shape index (κ3) is 4.38. The van der Waals surface area contributed by atoms with E-state index in [4.69, 9.17) is 4.42 Å². The summed E-state index contributed by atoms with van der Waals surface area (Å²) in [7, 11) is 0. The highest BCUT2D eigenvalue weighted by Gasteiger charge is 2.20. The zero-order valence-corrected chi connectivity index (χ0v) is 16.3. The predicted molar refractivity (Wildman–Crippen MR) is 107 cm³/mol. The first kappa shape index (κ1) is 20.0. The van der Waals surface area contributed by atoms with Crippen LogP contribution >= 0.6 is 23.7 Å². The van der Waals surface area contributed by atoms with Crippen LogP contribution in [0.4, 0.5) is 11.0 Å². The summed E-state index contributed by atoms with van der Waals surface area (Å²) in [5, 5.41) is 15.6. The van der Waals surface area contributed by atoms with Gasteiger partial charge in [-0.2, -0.15) is 0 Å². The number of fused-ring (bicyclic) bond motifs is 1. The Morgan fingerprint density at radius 1 is 1.29 bits per heavy atom. The number of aromatic nitrogens is 1. The maximum atomic E-state index is 12.1. The molecule has 0 atom stereocenters. The van der Waals surface area contributed by atoms with Crippen molar-refractivity contribution in [1.82, 2.24) is 9.88 Å². The number of anilines is 1. The van der Waals surface area contributed by atoms with E-state index in [0.717, 1.165) is 31.3 Å². The van der Waals surface area contributed by atoms with E-state index in [0.29, 0.717) is 11.7 Å². The molecule has 3 aromatic rings. The van der Waals surface area contributed by atoms with Crippen LogP contribution in [0.15, 0.2) is 46.2 Å². The molecule has 8 nitrogen and oxygen atoms in total. The van der Waals surface area contributed by atoms with Gasteiger partial charge in [0.05, 0.1) is 11.8 Å². The molecule has 1 N–H and O–H groups in total. The molecular formula is C18H17ClN4O4S. The highest BCUT2D eigenvalue weighted by molar-refractivity contribution is 7.13. The molecule has 2 aromatic heterocycles. The first-order valence-corrected chi connectivity index (χ1v) is 9.25. The van der Waals surface area contributed by atoms with Gasteiger partial charge in [-0.05, 0) is 23.6 Å². The van der Waals surface area contributed by atoms with Gasteiger partial charge in [-0.1, -0.05) is 24.3 Å². The van der Waals surface area contributed by atoms with Gasteiger partial charge in [0.25, 0.3) is 5.91 Å². The first-order chi connectivity index (χ1) is 13.1. The number of thiazole rings is 1. The van der Waals surface area contributed by atoms with E-state index in [2.05, 4.69) is 39.5 Å². The van der Waals surface area contributed by atoms with E-state index in [1.807, 2.05) is 5.38 Å². The number of amides is 1. The number of halogens is 1. The molecule has 3 heterocycles. The molecule has 1 aromatic carbocycles. The van der Waals surface area contributed by atoms with Crippen molar-refractivity contribution in [2.24, 2.45) is 0 Å². The number of hydrogen-bond acceptors (Lipinski definition) is 7. The van der Waals surface area contributed by atoms with E-state index in [9.17, 15) is 14.9 Å². The minimum atomic E-state index is -0.685. The maximum Gasteiger partial charge on any atom is 0.433 e. The van der Waals surface area contributed by atoms with Crippen molar-refractivity contribution >= 4 is 40.7 Å². The minimum Gasteiger partial charge on any atom is -0.395 e. The summed E-state index contributed by atoms with van der Waals surface area (Å²) in [6, 6.07) is 10.9. The molecule has 1 aliphatic heterocycles. The Kier molecular flexibility index (Phi) is 6.08. The average Bonchev–Trinajstić information content (AvgIpc) is 3.31. The third-order valence-electron chi connectivity index (χ3n) is 4.36. The summed E-state index contributed by atoms with van der Waals surface area (Å²) in [6.45, 7) is 2.55. The lowest BCUT2D eigenvalue weighted by Crippen LogP contribution is -2.30. The summed E-state index contributed by atoms with van der Waals surface area (Å²) in [5.41, 5.74) is 3.61. The highest BCUT2D eigenvalue weighted by atomic mass is 35.5. The smallest absolute Gasteiger partial charge is 0.395 e. The van der Waals surface area contributed by atoms with Crippen molar-refractivity contribution in [2.75, 3.05) is 11.9 Å². The van der Waals surface area contributed by atoms with Gasteiger partial charge in [0.2, 0.25) is 0 Å². The lowest BCUT2D eigenvalue weighted by molar-refractivity contribution is -0.402. The first-order valence-electron chi connectivity index (χ1n) is 8.37. The molecule has 10 heteroatoms. The summed E-state index contributed by atoms with van der Waals surface area (Å²) >= 11 is 1.31. The summed E-state index contributed by atoms with van der Waals surface area (Å²) < 4.78 is 4.90. The van der Waals surface area contributed by atoms with Crippen molar-refractivity contribution in [3.05, 3.63) is 74.5 Å². The van der Waals surface area contributed by atoms with E-state index < -0.39 is 16.7 Å². The molecule has 0 radical (unpaired) electrons. The number of carbonyl (C=O) groups excluding carboxylic acids is 1. The quantitative estimate of drug-likeness (QED) is 0.496. The Bertz CT molecular complexity index is 1000. The zero-order valence-electron chi connectivity index (χ0n) is 14.7. The second-order valence-corrected chi connectivity index (χ2v) is 7.08. The number of rotatable bonds is 5. The Morgan fingerprint density at radius 2 is 2.07 bits per heavy atom. The zero-order chi connectivity index (χ0) is 18.8. The average molecular weight is 421 g/mol. The van der Waals surface area contributed by atoms with Crippen LogP contribution in [0.25, 0.3) is 0 Å². The molecule has 1 amide bonds. The maximum absolute atomic E-state index is 12.1. The van der Waals surface area contributed by atoms with Crippen LogP contribution < -0.4 is 5.32 Å². The molecule has 0 saturated heterocycles. The second kappa shape index (κ2) is 8.51. The number of benzene rings is 1. The molecular weight excluding hydrogens is 404 g/mol. The van der Waals surface area contributed by atoms with E-state index in [1.165, 1.54) is 28.5 Å². The molecule has 146 valence electrons. The molecule has 4 rings (SSSR count). The number of furan rings is 1.